The smallest absolute Gasteiger partial charge is 0.420 e. The minimum absolute atomic E-state index is 0.00398. The Morgan fingerprint density at radius 3 is 2.51 bits per heavy atom. The molecule has 0 spiro atoms. The van der Waals surface area contributed by atoms with Gasteiger partial charge in [-0.3, -0.25) is 14.7 Å². The maximum Gasteiger partial charge on any atom is 0.420 e. The van der Waals surface area contributed by atoms with Crippen LogP contribution >= 0.6 is 0 Å². The van der Waals surface area contributed by atoms with Crippen LogP contribution in [0.1, 0.15) is 43.6 Å². The summed E-state index contributed by atoms with van der Waals surface area (Å²) in [5.41, 5.74) is 5.85. The number of aromatic hydroxyl groups is 1. The number of phenolic OH excluding ortho intramolecular Hbond substituents is 1. The lowest BCUT2D eigenvalue weighted by atomic mass is 10.0. The van der Waals surface area contributed by atoms with Gasteiger partial charge in [0.15, 0.2) is 13.9 Å². The summed E-state index contributed by atoms with van der Waals surface area (Å²) in [4.78, 5) is 39.3. The molecule has 11 nitrogen and oxygen atoms in total. The zero-order valence-electron chi connectivity index (χ0n) is 30.4. The lowest BCUT2D eigenvalue weighted by Gasteiger charge is -2.39. The number of hydrogen-bond acceptors (Lipinski definition) is 7. The molecule has 1 atom stereocenters. The fraction of sp³-hybridized carbons (Fsp3) is 0.244. The Kier molecular flexibility index (Phi) is 10.6. The zero-order valence-corrected chi connectivity index (χ0v) is 31.4. The van der Waals surface area contributed by atoms with E-state index in [9.17, 15) is 24.6 Å². The third-order valence-corrected chi connectivity index (χ3v) is 14.3. The van der Waals surface area contributed by atoms with E-state index >= 15 is 0 Å². The van der Waals surface area contributed by atoms with Crippen LogP contribution in [-0.2, 0) is 17.5 Å². The summed E-state index contributed by atoms with van der Waals surface area (Å²) in [6, 6.07) is 27.3. The van der Waals surface area contributed by atoms with E-state index in [1.165, 1.54) is 6.07 Å². The molecule has 4 aromatic carbocycles. The maximum atomic E-state index is 12.9. The van der Waals surface area contributed by atoms with Crippen molar-refractivity contribution < 1.29 is 23.9 Å². The van der Waals surface area contributed by atoms with E-state index in [-0.39, 0.29) is 29.0 Å². The highest BCUT2D eigenvalue weighted by Crippen LogP contribution is 2.41. The summed E-state index contributed by atoms with van der Waals surface area (Å²) >= 11 is 0. The standard InChI is InChI=1S/C41H44N4O7Si/c1-41(2,3)53(4,5)52-36(30-16-18-34(46)38-31(30)17-20-37(47)44-38)25-42-24-27-14-19-35-33(23-27)45(40(50)51-35)21-9-10-26-13-15-29(28-11-7-6-8-12-28)32(22-26)43-39(48)49/h6-20,22-23,36,42-43,46H,21,24-25H2,1-5H3,(H,44,47)(H,48,49)/t36-/m0/s1. The summed E-state index contributed by atoms with van der Waals surface area (Å²) in [6.07, 6.45) is 2.14. The molecule has 0 saturated carbocycles. The Bertz CT molecular complexity index is 2420. The number of allylic oxidation sites excluding steroid dienone is 1. The molecule has 1 amide bonds. The first kappa shape index (κ1) is 37.1. The highest BCUT2D eigenvalue weighted by Gasteiger charge is 2.39. The fourth-order valence-corrected chi connectivity index (χ4v) is 7.35. The molecule has 0 saturated heterocycles. The van der Waals surface area contributed by atoms with E-state index in [1.807, 2.05) is 72.8 Å². The molecular weight excluding hydrogens is 689 g/mol. The summed E-state index contributed by atoms with van der Waals surface area (Å²) in [6.45, 7) is 12.1. The third-order valence-electron chi connectivity index (χ3n) is 9.86. The van der Waals surface area contributed by atoms with Gasteiger partial charge in [-0.05, 0) is 70.7 Å². The van der Waals surface area contributed by atoms with E-state index < -0.39 is 20.2 Å². The minimum Gasteiger partial charge on any atom is -0.506 e. The molecule has 2 aromatic heterocycles. The van der Waals surface area contributed by atoms with E-state index in [0.29, 0.717) is 40.8 Å². The van der Waals surface area contributed by atoms with Crippen LogP contribution in [0.2, 0.25) is 18.1 Å². The number of fused-ring (bicyclic) bond motifs is 2. The Hall–Kier alpha value is -5.69. The predicted molar refractivity (Wildman–Crippen MR) is 212 cm³/mol. The molecule has 53 heavy (non-hydrogen) atoms. The first-order valence-electron chi connectivity index (χ1n) is 17.4. The van der Waals surface area contributed by atoms with Crippen molar-refractivity contribution in [3.05, 3.63) is 135 Å². The summed E-state index contributed by atoms with van der Waals surface area (Å²) in [5.74, 6) is -0.488. The normalized spacial score (nSPS) is 12.8. The van der Waals surface area contributed by atoms with Crippen LogP contribution < -0.4 is 21.9 Å². The van der Waals surface area contributed by atoms with Crippen molar-refractivity contribution in [2.75, 3.05) is 11.9 Å². The quantitative estimate of drug-likeness (QED) is 0.0784. The van der Waals surface area contributed by atoms with Crippen molar-refractivity contribution >= 4 is 48.2 Å². The number of H-pyrrole nitrogens is 1. The van der Waals surface area contributed by atoms with Crippen LogP contribution in [0.4, 0.5) is 10.5 Å². The molecule has 0 aliphatic rings. The number of nitrogens with zero attached hydrogens (tertiary/aromatic N) is 1. The average molecular weight is 733 g/mol. The van der Waals surface area contributed by atoms with Crippen LogP contribution in [0.3, 0.4) is 0 Å². The van der Waals surface area contributed by atoms with E-state index in [2.05, 4.69) is 49.5 Å². The summed E-state index contributed by atoms with van der Waals surface area (Å²) in [7, 11) is -2.26. The molecule has 274 valence electrons. The van der Waals surface area contributed by atoms with Gasteiger partial charge in [-0.25, -0.2) is 9.59 Å². The second-order valence-electron chi connectivity index (χ2n) is 14.6. The Morgan fingerprint density at radius 1 is 1.00 bits per heavy atom. The number of aromatic nitrogens is 2. The highest BCUT2D eigenvalue weighted by molar-refractivity contribution is 6.74. The summed E-state index contributed by atoms with van der Waals surface area (Å²) in [5, 5.41) is 26.7. The molecule has 5 N–H and O–H groups in total. The minimum atomic E-state index is -2.26. The van der Waals surface area contributed by atoms with Crippen molar-refractivity contribution in [3.63, 3.8) is 0 Å². The fourth-order valence-electron chi connectivity index (χ4n) is 6.07. The number of benzene rings is 4. The van der Waals surface area contributed by atoms with Crippen molar-refractivity contribution in [2.24, 2.45) is 0 Å². The van der Waals surface area contributed by atoms with Crippen LogP contribution in [0.25, 0.3) is 39.2 Å². The number of carbonyl (C=O) groups is 1. The number of oxazole rings is 1. The van der Waals surface area contributed by atoms with Gasteiger partial charge in [0.05, 0.1) is 22.8 Å². The number of hydrogen-bond donors (Lipinski definition) is 5. The third kappa shape index (κ3) is 8.36. The zero-order chi connectivity index (χ0) is 37.9. The van der Waals surface area contributed by atoms with Crippen LogP contribution in [-0.4, -0.2) is 40.7 Å². The van der Waals surface area contributed by atoms with Gasteiger partial charge in [0.1, 0.15) is 5.75 Å². The van der Waals surface area contributed by atoms with Gasteiger partial charge in [0, 0.05) is 36.7 Å². The molecule has 6 aromatic rings. The monoisotopic (exact) mass is 732 g/mol. The molecule has 0 unspecified atom stereocenters. The number of phenols is 1. The number of rotatable bonds is 12. The maximum absolute atomic E-state index is 12.9. The second kappa shape index (κ2) is 15.1. The number of pyridine rings is 1. The van der Waals surface area contributed by atoms with Gasteiger partial charge >= 0.3 is 11.8 Å². The van der Waals surface area contributed by atoms with Gasteiger partial charge in [-0.2, -0.15) is 0 Å². The van der Waals surface area contributed by atoms with Crippen LogP contribution in [0.5, 0.6) is 5.75 Å². The SMILES string of the molecule is CC(C)(C)[Si](C)(C)O[C@@H](CNCc1ccc2oc(=O)n(CC=Cc3ccc(-c4ccccc4)c(NC(=O)O)c3)c2c1)c1ccc(O)c2[nH]c(=O)ccc12. The second-order valence-corrected chi connectivity index (χ2v) is 19.3. The molecule has 0 radical (unpaired) electrons. The number of anilines is 1. The molecule has 12 heteroatoms. The Morgan fingerprint density at radius 2 is 1.77 bits per heavy atom. The average Bonchev–Trinajstić information content (AvgIpc) is 3.41. The predicted octanol–water partition coefficient (Wildman–Crippen LogP) is 8.46. The molecule has 0 bridgehead atoms. The van der Waals surface area contributed by atoms with Crippen molar-refractivity contribution in [3.8, 4) is 16.9 Å². The van der Waals surface area contributed by atoms with Gasteiger partial charge in [-0.1, -0.05) is 87.5 Å². The molecule has 0 aliphatic carbocycles. The highest BCUT2D eigenvalue weighted by atomic mass is 28.4. The van der Waals surface area contributed by atoms with Crippen LogP contribution in [0, 0.1) is 0 Å². The number of nitrogens with one attached hydrogen (secondary N) is 3. The van der Waals surface area contributed by atoms with Gasteiger partial charge in [0.25, 0.3) is 0 Å². The number of aromatic amines is 1. The van der Waals surface area contributed by atoms with Gasteiger partial charge < -0.3 is 29.4 Å². The molecular formula is C41H44N4O7Si. The first-order chi connectivity index (χ1) is 25.2. The molecule has 6 rings (SSSR count). The molecule has 0 aliphatic heterocycles. The lowest BCUT2D eigenvalue weighted by molar-refractivity contribution is 0.181. The largest absolute Gasteiger partial charge is 0.506 e. The van der Waals surface area contributed by atoms with E-state index in [0.717, 1.165) is 27.8 Å². The number of amides is 1. The Balaban J connectivity index is 1.21. The summed E-state index contributed by atoms with van der Waals surface area (Å²) < 4.78 is 14.0. The van der Waals surface area contributed by atoms with Crippen molar-refractivity contribution in [2.45, 2.75) is 58.1 Å². The molecule has 2 heterocycles. The van der Waals surface area contributed by atoms with E-state index in [1.54, 1.807) is 28.8 Å². The lowest BCUT2D eigenvalue weighted by Crippen LogP contribution is -2.43. The topological polar surface area (TPSA) is 159 Å². The van der Waals surface area contributed by atoms with Crippen LogP contribution in [0.15, 0.2) is 111 Å². The van der Waals surface area contributed by atoms with Gasteiger partial charge in [-0.15, -0.1) is 0 Å². The molecule has 0 fully saturated rings. The van der Waals surface area contributed by atoms with E-state index in [4.69, 9.17) is 8.84 Å². The van der Waals surface area contributed by atoms with Crippen molar-refractivity contribution in [1.82, 2.24) is 14.9 Å². The number of carboxylic acid groups (broad SMARTS) is 1. The first-order valence-corrected chi connectivity index (χ1v) is 20.3. The van der Waals surface area contributed by atoms with Gasteiger partial charge in [0.2, 0.25) is 5.56 Å². The Labute approximate surface area is 307 Å². The van der Waals surface area contributed by atoms with Crippen molar-refractivity contribution in [1.29, 1.82) is 0 Å².